The summed E-state index contributed by atoms with van der Waals surface area (Å²) in [6.07, 6.45) is 5.33. The number of rotatable bonds is 6. The van der Waals surface area contributed by atoms with Gasteiger partial charge in [-0.3, -0.25) is 0 Å². The summed E-state index contributed by atoms with van der Waals surface area (Å²) in [6, 6.07) is 1.12. The van der Waals surface area contributed by atoms with Gasteiger partial charge in [-0.25, -0.2) is 0 Å². The second-order valence-electron chi connectivity index (χ2n) is 7.17. The molecule has 0 aromatic carbocycles. The second-order valence-corrected chi connectivity index (χ2v) is 7.17. The molecule has 2 unspecified atom stereocenters. The van der Waals surface area contributed by atoms with E-state index in [4.69, 9.17) is 5.73 Å². The minimum absolute atomic E-state index is 0.353. The molecule has 0 amide bonds. The largest absolute Gasteiger partial charge is 0.328 e. The van der Waals surface area contributed by atoms with E-state index in [-0.39, 0.29) is 0 Å². The van der Waals surface area contributed by atoms with Crippen molar-refractivity contribution >= 4 is 0 Å². The summed E-state index contributed by atoms with van der Waals surface area (Å²) in [7, 11) is 0. The van der Waals surface area contributed by atoms with Crippen LogP contribution in [-0.4, -0.2) is 30.1 Å². The normalized spacial score (nSPS) is 24.2. The lowest BCUT2D eigenvalue weighted by Gasteiger charge is -2.41. The summed E-state index contributed by atoms with van der Waals surface area (Å²) in [4.78, 5) is 2.73. The Kier molecular flexibility index (Phi) is 6.65. The van der Waals surface area contributed by atoms with Gasteiger partial charge >= 0.3 is 0 Å². The molecule has 0 radical (unpaired) electrons. The van der Waals surface area contributed by atoms with Gasteiger partial charge in [-0.2, -0.15) is 0 Å². The molecule has 1 heterocycles. The molecule has 2 nitrogen and oxygen atoms in total. The number of hydrogen-bond donors (Lipinski definition) is 1. The van der Waals surface area contributed by atoms with E-state index in [1.807, 2.05) is 0 Å². The predicted molar refractivity (Wildman–Crippen MR) is 80.6 cm³/mol. The lowest BCUT2D eigenvalue weighted by atomic mass is 9.88. The zero-order valence-electron chi connectivity index (χ0n) is 13.2. The first kappa shape index (κ1) is 16.0. The van der Waals surface area contributed by atoms with Crippen LogP contribution in [0.1, 0.15) is 60.3 Å². The van der Waals surface area contributed by atoms with Crippen molar-refractivity contribution in [2.75, 3.05) is 13.1 Å². The Labute approximate surface area is 114 Å². The van der Waals surface area contributed by atoms with Gasteiger partial charge in [0.1, 0.15) is 0 Å². The SMILES string of the molecule is CC(C)CC(CC(C)C)N1CCCC(C(C)N)C1. The van der Waals surface area contributed by atoms with Gasteiger partial charge in [-0.05, 0) is 56.9 Å². The fourth-order valence-electron chi connectivity index (χ4n) is 3.28. The van der Waals surface area contributed by atoms with Gasteiger partial charge in [0.05, 0.1) is 0 Å². The van der Waals surface area contributed by atoms with Crippen LogP contribution in [0.4, 0.5) is 0 Å². The predicted octanol–water partition coefficient (Wildman–Crippen LogP) is 3.51. The summed E-state index contributed by atoms with van der Waals surface area (Å²) in [6.45, 7) is 14.1. The minimum atomic E-state index is 0.353. The molecule has 0 bridgehead atoms. The van der Waals surface area contributed by atoms with Crippen LogP contribution in [0.3, 0.4) is 0 Å². The molecule has 1 aliphatic heterocycles. The topological polar surface area (TPSA) is 29.3 Å². The van der Waals surface area contributed by atoms with E-state index in [0.717, 1.165) is 17.9 Å². The molecule has 0 spiro atoms. The summed E-state index contributed by atoms with van der Waals surface area (Å²) in [5, 5.41) is 0. The van der Waals surface area contributed by atoms with Crippen LogP contribution >= 0.6 is 0 Å². The summed E-state index contributed by atoms with van der Waals surface area (Å²) in [5.74, 6) is 2.30. The Balaban J connectivity index is 2.59. The summed E-state index contributed by atoms with van der Waals surface area (Å²) in [5.41, 5.74) is 6.11. The van der Waals surface area contributed by atoms with Gasteiger partial charge in [-0.1, -0.05) is 27.7 Å². The number of nitrogens with two attached hydrogens (primary N) is 1. The van der Waals surface area contributed by atoms with Crippen LogP contribution in [0.25, 0.3) is 0 Å². The first-order chi connectivity index (χ1) is 8.40. The molecule has 2 N–H and O–H groups in total. The zero-order valence-corrected chi connectivity index (χ0v) is 13.2. The number of nitrogens with zero attached hydrogens (tertiary/aromatic N) is 1. The average Bonchev–Trinajstić information content (AvgIpc) is 2.27. The van der Waals surface area contributed by atoms with Crippen LogP contribution in [0.5, 0.6) is 0 Å². The highest BCUT2D eigenvalue weighted by Gasteiger charge is 2.28. The molecule has 0 aliphatic carbocycles. The Morgan fingerprint density at radius 2 is 1.61 bits per heavy atom. The third kappa shape index (κ3) is 5.27. The zero-order chi connectivity index (χ0) is 13.7. The van der Waals surface area contributed by atoms with E-state index in [0.29, 0.717) is 12.0 Å². The number of hydrogen-bond acceptors (Lipinski definition) is 2. The van der Waals surface area contributed by atoms with Crippen molar-refractivity contribution < 1.29 is 0 Å². The molecule has 18 heavy (non-hydrogen) atoms. The first-order valence-electron chi connectivity index (χ1n) is 7.89. The van der Waals surface area contributed by atoms with Crippen molar-refractivity contribution in [1.29, 1.82) is 0 Å². The lowest BCUT2D eigenvalue weighted by molar-refractivity contribution is 0.0889. The van der Waals surface area contributed by atoms with Gasteiger partial charge in [0, 0.05) is 18.6 Å². The van der Waals surface area contributed by atoms with E-state index in [1.165, 1.54) is 38.8 Å². The maximum atomic E-state index is 6.11. The standard InChI is InChI=1S/C16H34N2/c1-12(2)9-16(10-13(3)4)18-8-6-7-15(11-18)14(5)17/h12-16H,6-11,17H2,1-5H3. The molecular weight excluding hydrogens is 220 g/mol. The molecule has 1 fully saturated rings. The van der Waals surface area contributed by atoms with Crippen LogP contribution in [-0.2, 0) is 0 Å². The van der Waals surface area contributed by atoms with Crippen LogP contribution in [0.15, 0.2) is 0 Å². The molecule has 1 saturated heterocycles. The highest BCUT2D eigenvalue weighted by Crippen LogP contribution is 2.26. The van der Waals surface area contributed by atoms with E-state index in [2.05, 4.69) is 39.5 Å². The molecule has 0 aromatic rings. The lowest BCUT2D eigenvalue weighted by Crippen LogP contribution is -2.47. The highest BCUT2D eigenvalue weighted by atomic mass is 15.2. The summed E-state index contributed by atoms with van der Waals surface area (Å²) >= 11 is 0. The third-order valence-electron chi connectivity index (χ3n) is 4.24. The Morgan fingerprint density at radius 3 is 2.06 bits per heavy atom. The van der Waals surface area contributed by atoms with Gasteiger partial charge in [0.25, 0.3) is 0 Å². The van der Waals surface area contributed by atoms with Gasteiger partial charge in [-0.15, -0.1) is 0 Å². The fraction of sp³-hybridized carbons (Fsp3) is 1.00. The van der Waals surface area contributed by atoms with Crippen molar-refractivity contribution in [2.45, 2.75) is 72.4 Å². The first-order valence-corrected chi connectivity index (χ1v) is 7.89. The van der Waals surface area contributed by atoms with Crippen molar-refractivity contribution in [3.63, 3.8) is 0 Å². The summed E-state index contributed by atoms with van der Waals surface area (Å²) < 4.78 is 0. The molecule has 2 heteroatoms. The molecule has 2 atom stereocenters. The average molecular weight is 254 g/mol. The van der Waals surface area contributed by atoms with Crippen molar-refractivity contribution in [2.24, 2.45) is 23.5 Å². The number of likely N-dealkylation sites (tertiary alicyclic amines) is 1. The smallest absolute Gasteiger partial charge is 0.0100 e. The Bertz CT molecular complexity index is 213. The fourth-order valence-corrected chi connectivity index (χ4v) is 3.28. The molecule has 108 valence electrons. The minimum Gasteiger partial charge on any atom is -0.328 e. The van der Waals surface area contributed by atoms with E-state index in [9.17, 15) is 0 Å². The van der Waals surface area contributed by atoms with Crippen molar-refractivity contribution in [3.8, 4) is 0 Å². The van der Waals surface area contributed by atoms with Gasteiger partial charge in [0.2, 0.25) is 0 Å². The number of piperidine rings is 1. The molecule has 0 saturated carbocycles. The maximum Gasteiger partial charge on any atom is 0.0100 e. The van der Waals surface area contributed by atoms with Gasteiger partial charge in [0.15, 0.2) is 0 Å². The van der Waals surface area contributed by atoms with Crippen molar-refractivity contribution in [1.82, 2.24) is 4.90 Å². The van der Waals surface area contributed by atoms with E-state index >= 15 is 0 Å². The van der Waals surface area contributed by atoms with Crippen molar-refractivity contribution in [3.05, 3.63) is 0 Å². The van der Waals surface area contributed by atoms with E-state index in [1.54, 1.807) is 0 Å². The maximum absolute atomic E-state index is 6.11. The third-order valence-corrected chi connectivity index (χ3v) is 4.24. The van der Waals surface area contributed by atoms with Crippen LogP contribution in [0.2, 0.25) is 0 Å². The molecular formula is C16H34N2. The van der Waals surface area contributed by atoms with Gasteiger partial charge < -0.3 is 10.6 Å². The molecule has 1 aliphatic rings. The quantitative estimate of drug-likeness (QED) is 0.786. The monoisotopic (exact) mass is 254 g/mol. The second kappa shape index (κ2) is 7.49. The Hall–Kier alpha value is -0.0800. The van der Waals surface area contributed by atoms with Crippen LogP contribution < -0.4 is 5.73 Å². The highest BCUT2D eigenvalue weighted by molar-refractivity contribution is 4.83. The van der Waals surface area contributed by atoms with Crippen LogP contribution in [0, 0.1) is 17.8 Å². The van der Waals surface area contributed by atoms with E-state index < -0.39 is 0 Å². The molecule has 1 rings (SSSR count). The Morgan fingerprint density at radius 1 is 1.06 bits per heavy atom. The molecule has 0 aromatic heterocycles.